The van der Waals surface area contributed by atoms with Crippen molar-refractivity contribution in [1.82, 2.24) is 14.6 Å². The van der Waals surface area contributed by atoms with E-state index in [1.54, 1.807) is 42.2 Å². The molecule has 1 aromatic heterocycles. The lowest BCUT2D eigenvalue weighted by molar-refractivity contribution is -0.141. The van der Waals surface area contributed by atoms with Crippen LogP contribution in [0.1, 0.15) is 54.2 Å². The van der Waals surface area contributed by atoms with Crippen LogP contribution in [-0.4, -0.2) is 68.2 Å². The Kier molecular flexibility index (Phi) is 9.13. The molecule has 0 unspecified atom stereocenters. The van der Waals surface area contributed by atoms with Crippen LogP contribution in [0.5, 0.6) is 0 Å². The number of amides is 3. The minimum Gasteiger partial charge on any atom is -0.462 e. The van der Waals surface area contributed by atoms with Gasteiger partial charge >= 0.3 is 5.97 Å². The van der Waals surface area contributed by atoms with Crippen LogP contribution >= 0.6 is 0 Å². The van der Waals surface area contributed by atoms with E-state index in [0.29, 0.717) is 12.0 Å². The number of anilines is 1. The fourth-order valence-electron chi connectivity index (χ4n) is 4.83. The van der Waals surface area contributed by atoms with Crippen molar-refractivity contribution in [2.45, 2.75) is 44.8 Å². The summed E-state index contributed by atoms with van der Waals surface area (Å²) in [4.78, 5) is 57.0. The molecule has 1 N–H and O–H groups in total. The molecule has 0 radical (unpaired) electrons. The molecule has 2 aliphatic heterocycles. The van der Waals surface area contributed by atoms with E-state index in [2.05, 4.69) is 9.71 Å². The normalized spacial score (nSPS) is 16.2. The van der Waals surface area contributed by atoms with Crippen LogP contribution in [0.25, 0.3) is 0 Å². The highest BCUT2D eigenvalue weighted by Crippen LogP contribution is 2.27. The van der Waals surface area contributed by atoms with Crippen LogP contribution in [0.15, 0.2) is 36.4 Å². The number of hydrogen-bond acceptors (Lipinski definition) is 9. The monoisotopic (exact) mass is 574 g/mol. The van der Waals surface area contributed by atoms with Crippen LogP contribution in [0, 0.1) is 11.7 Å². The Morgan fingerprint density at radius 2 is 1.82 bits per heavy atom. The summed E-state index contributed by atoms with van der Waals surface area (Å²) in [7, 11) is -3.89. The molecular weight excluding hydrogens is 543 g/mol. The van der Waals surface area contributed by atoms with E-state index in [4.69, 9.17) is 4.74 Å². The number of hydrogen-bond donors (Lipinski definition) is 1. The number of likely N-dealkylation sites (tertiary alicyclic amines) is 1. The predicted molar refractivity (Wildman–Crippen MR) is 142 cm³/mol. The number of imide groups is 1. The molecule has 0 bridgehead atoms. The van der Waals surface area contributed by atoms with Gasteiger partial charge in [0.2, 0.25) is 27.7 Å². The molecule has 214 valence electrons. The molecular formula is C27H31FN4O7S. The highest BCUT2D eigenvalue weighted by Gasteiger charge is 2.32. The third-order valence-electron chi connectivity index (χ3n) is 6.85. The van der Waals surface area contributed by atoms with Crippen LogP contribution < -0.4 is 9.62 Å². The summed E-state index contributed by atoms with van der Waals surface area (Å²) in [5.74, 6) is -4.13. The van der Waals surface area contributed by atoms with Crippen molar-refractivity contribution in [3.8, 4) is 0 Å². The first-order valence-corrected chi connectivity index (χ1v) is 14.8. The number of carbonyl (C=O) groups excluding carboxylic acids is 4. The number of nitrogens with one attached hydrogen (secondary N) is 1. The summed E-state index contributed by atoms with van der Waals surface area (Å²) in [6.45, 7) is 2.29. The fourth-order valence-corrected chi connectivity index (χ4v) is 6.01. The van der Waals surface area contributed by atoms with Crippen molar-refractivity contribution >= 4 is 39.5 Å². The number of esters is 1. The van der Waals surface area contributed by atoms with Gasteiger partial charge in [-0.25, -0.2) is 22.6 Å². The molecule has 0 aliphatic carbocycles. The Morgan fingerprint density at radius 1 is 1.12 bits per heavy atom. The SMILES string of the molecule is CCOC(=O)c1cc(F)c(N2CCC(C(=O)NS(=O)(=O)Cc3ccccc3)CC2)nc1CC(=O)N1CCCC1=O. The Balaban J connectivity index is 1.45. The Labute approximate surface area is 231 Å². The van der Waals surface area contributed by atoms with Gasteiger partial charge in [0.25, 0.3) is 0 Å². The average Bonchev–Trinajstić information content (AvgIpc) is 3.35. The summed E-state index contributed by atoms with van der Waals surface area (Å²) in [6, 6.07) is 9.47. The van der Waals surface area contributed by atoms with Crippen molar-refractivity contribution < 1.29 is 36.7 Å². The second-order valence-electron chi connectivity index (χ2n) is 9.70. The highest BCUT2D eigenvalue weighted by atomic mass is 32.2. The minimum absolute atomic E-state index is 0.00794. The van der Waals surface area contributed by atoms with Gasteiger partial charge in [-0.2, -0.15) is 0 Å². The molecule has 2 aliphatic rings. The van der Waals surface area contributed by atoms with Crippen LogP contribution in [-0.2, 0) is 41.3 Å². The van der Waals surface area contributed by atoms with E-state index >= 15 is 4.39 Å². The Bertz CT molecular complexity index is 1390. The number of sulfonamides is 1. The molecule has 11 nitrogen and oxygen atoms in total. The summed E-state index contributed by atoms with van der Waals surface area (Å²) in [5, 5.41) is 0. The van der Waals surface area contributed by atoms with Gasteiger partial charge in [-0.1, -0.05) is 30.3 Å². The zero-order chi connectivity index (χ0) is 28.9. The number of benzene rings is 1. The first-order valence-electron chi connectivity index (χ1n) is 13.1. The van der Waals surface area contributed by atoms with Gasteiger partial charge in [-0.15, -0.1) is 0 Å². The van der Waals surface area contributed by atoms with E-state index in [-0.39, 0.29) is 80.7 Å². The molecule has 1 aromatic carbocycles. The summed E-state index contributed by atoms with van der Waals surface area (Å²) in [6.07, 6.45) is 0.904. The average molecular weight is 575 g/mol. The molecule has 3 amide bonds. The maximum absolute atomic E-state index is 15.2. The molecule has 0 atom stereocenters. The number of ether oxygens (including phenoxy) is 1. The van der Waals surface area contributed by atoms with Gasteiger partial charge in [-0.3, -0.25) is 24.0 Å². The van der Waals surface area contributed by atoms with Crippen LogP contribution in [0.3, 0.4) is 0 Å². The molecule has 0 saturated carbocycles. The van der Waals surface area contributed by atoms with E-state index in [0.717, 1.165) is 11.0 Å². The van der Waals surface area contributed by atoms with E-state index in [9.17, 15) is 27.6 Å². The summed E-state index contributed by atoms with van der Waals surface area (Å²) in [5.41, 5.74) is 0.348. The van der Waals surface area contributed by atoms with Crippen molar-refractivity contribution in [3.05, 3.63) is 59.0 Å². The van der Waals surface area contributed by atoms with E-state index in [1.165, 1.54) is 0 Å². The van der Waals surface area contributed by atoms with E-state index < -0.39 is 39.5 Å². The largest absolute Gasteiger partial charge is 0.462 e. The lowest BCUT2D eigenvalue weighted by Gasteiger charge is -2.32. The Hall–Kier alpha value is -3.87. The van der Waals surface area contributed by atoms with Gasteiger partial charge in [0.1, 0.15) is 0 Å². The smallest absolute Gasteiger partial charge is 0.340 e. The zero-order valence-electron chi connectivity index (χ0n) is 22.1. The second kappa shape index (κ2) is 12.5. The summed E-state index contributed by atoms with van der Waals surface area (Å²) >= 11 is 0. The van der Waals surface area contributed by atoms with Crippen molar-refractivity contribution in [3.63, 3.8) is 0 Å². The number of carbonyl (C=O) groups is 4. The van der Waals surface area contributed by atoms with Crippen molar-refractivity contribution in [1.29, 1.82) is 0 Å². The molecule has 3 heterocycles. The third kappa shape index (κ3) is 7.00. The number of nitrogens with zero attached hydrogens (tertiary/aromatic N) is 3. The summed E-state index contributed by atoms with van der Waals surface area (Å²) < 4.78 is 47.3. The third-order valence-corrected chi connectivity index (χ3v) is 8.07. The molecule has 13 heteroatoms. The lowest BCUT2D eigenvalue weighted by Crippen LogP contribution is -2.43. The molecule has 2 fully saturated rings. The van der Waals surface area contributed by atoms with Gasteiger partial charge in [-0.05, 0) is 37.8 Å². The predicted octanol–water partition coefficient (Wildman–Crippen LogP) is 1.95. The second-order valence-corrected chi connectivity index (χ2v) is 11.4. The first kappa shape index (κ1) is 29.1. The molecule has 0 spiro atoms. The number of rotatable bonds is 9. The van der Waals surface area contributed by atoms with Gasteiger partial charge in [0, 0.05) is 32.0 Å². The van der Waals surface area contributed by atoms with Crippen molar-refractivity contribution in [2.24, 2.45) is 5.92 Å². The maximum Gasteiger partial charge on any atom is 0.340 e. The number of piperidine rings is 1. The van der Waals surface area contributed by atoms with Crippen LogP contribution in [0.4, 0.5) is 10.2 Å². The van der Waals surface area contributed by atoms with Crippen molar-refractivity contribution in [2.75, 3.05) is 31.1 Å². The zero-order valence-corrected chi connectivity index (χ0v) is 22.9. The Morgan fingerprint density at radius 3 is 2.45 bits per heavy atom. The number of pyridine rings is 1. The fraction of sp³-hybridized carbons (Fsp3) is 0.444. The van der Waals surface area contributed by atoms with E-state index in [1.807, 2.05) is 0 Å². The van der Waals surface area contributed by atoms with Gasteiger partial charge in [0.05, 0.1) is 30.0 Å². The minimum atomic E-state index is -3.89. The lowest BCUT2D eigenvalue weighted by atomic mass is 9.96. The topological polar surface area (TPSA) is 143 Å². The highest BCUT2D eigenvalue weighted by molar-refractivity contribution is 7.89. The standard InChI is InChI=1S/C27H31FN4O7S/c1-2-39-27(36)20-15-21(28)25(29-22(20)16-24(34)32-12-6-9-23(32)33)31-13-10-19(11-14-31)26(35)30-40(37,38)17-18-7-4-3-5-8-18/h3-5,7-8,15,19H,2,6,9-14,16-17H2,1H3,(H,30,35). The van der Waals surface area contributed by atoms with Gasteiger partial charge < -0.3 is 9.64 Å². The number of aromatic nitrogens is 1. The molecule has 40 heavy (non-hydrogen) atoms. The van der Waals surface area contributed by atoms with Crippen LogP contribution in [0.2, 0.25) is 0 Å². The van der Waals surface area contributed by atoms with Gasteiger partial charge in [0.15, 0.2) is 11.6 Å². The molecule has 2 aromatic rings. The quantitative estimate of drug-likeness (QED) is 0.445. The maximum atomic E-state index is 15.2. The number of halogens is 1. The molecule has 4 rings (SSSR count). The first-order chi connectivity index (χ1) is 19.1. The molecule has 2 saturated heterocycles.